The van der Waals surface area contributed by atoms with Crippen LogP contribution in [0.2, 0.25) is 5.82 Å². The van der Waals surface area contributed by atoms with E-state index in [1.165, 1.54) is 11.3 Å². The van der Waals surface area contributed by atoms with E-state index in [2.05, 4.69) is 20.4 Å². The highest BCUT2D eigenvalue weighted by molar-refractivity contribution is 7.14. The number of oxime groups is 1. The van der Waals surface area contributed by atoms with Gasteiger partial charge in [-0.25, -0.2) is 4.98 Å². The molecule has 0 aliphatic carbocycles. The van der Waals surface area contributed by atoms with E-state index in [1.54, 1.807) is 17.8 Å². The Bertz CT molecular complexity index is 1120. The number of aromatic nitrogens is 2. The third kappa shape index (κ3) is 4.97. The minimum Gasteiger partial charge on any atom is -0.536 e. The SMILES string of the molecule is Cc1cccc2c1OB(O)[C@@H](CC(=O)/C(=N\O)c1csc(NCCc3ccncc3)n1)C2. The molecule has 0 bridgehead atoms. The summed E-state index contributed by atoms with van der Waals surface area (Å²) in [7, 11) is -1.10. The Balaban J connectivity index is 1.37. The average molecular weight is 450 g/mol. The maximum atomic E-state index is 12.9. The molecule has 0 saturated heterocycles. The normalized spacial score (nSPS) is 15.8. The number of pyridine rings is 1. The van der Waals surface area contributed by atoms with Crippen molar-refractivity contribution in [1.82, 2.24) is 9.97 Å². The number of hydrogen-bond donors (Lipinski definition) is 3. The van der Waals surface area contributed by atoms with Crippen molar-refractivity contribution in [3.05, 3.63) is 70.5 Å². The van der Waals surface area contributed by atoms with Gasteiger partial charge in [-0.2, -0.15) is 0 Å². The summed E-state index contributed by atoms with van der Waals surface area (Å²) in [5, 5.41) is 28.6. The van der Waals surface area contributed by atoms with Crippen LogP contribution in [-0.4, -0.2) is 45.4 Å². The number of fused-ring (bicyclic) bond motifs is 1. The highest BCUT2D eigenvalue weighted by Crippen LogP contribution is 2.36. The van der Waals surface area contributed by atoms with Crippen molar-refractivity contribution in [2.45, 2.75) is 32.0 Å². The van der Waals surface area contributed by atoms with Gasteiger partial charge >= 0.3 is 7.12 Å². The van der Waals surface area contributed by atoms with Crippen LogP contribution in [-0.2, 0) is 17.6 Å². The first kappa shape index (κ1) is 22.0. The molecule has 0 fully saturated rings. The highest BCUT2D eigenvalue weighted by atomic mass is 32.1. The van der Waals surface area contributed by atoms with Gasteiger partial charge in [-0.3, -0.25) is 9.78 Å². The summed E-state index contributed by atoms with van der Waals surface area (Å²) in [5.41, 5.74) is 3.23. The Hall–Kier alpha value is -3.24. The number of Topliss-reactive ketones (excluding diaryl/α,β-unsaturated/α-hetero) is 1. The number of benzene rings is 1. The van der Waals surface area contributed by atoms with Crippen molar-refractivity contribution in [3.8, 4) is 5.75 Å². The fourth-order valence-corrected chi connectivity index (χ4v) is 4.45. The molecule has 1 aromatic carbocycles. The molecule has 3 N–H and O–H groups in total. The molecule has 0 amide bonds. The zero-order valence-electron chi connectivity index (χ0n) is 17.6. The molecule has 4 rings (SSSR count). The lowest BCUT2D eigenvalue weighted by Crippen LogP contribution is -2.36. The molecule has 10 heteroatoms. The molecule has 0 saturated carbocycles. The quantitative estimate of drug-likeness (QED) is 0.209. The van der Waals surface area contributed by atoms with E-state index in [4.69, 9.17) is 4.65 Å². The zero-order valence-corrected chi connectivity index (χ0v) is 18.4. The predicted octanol–water partition coefficient (Wildman–Crippen LogP) is 3.12. The number of thiazole rings is 1. The second kappa shape index (κ2) is 9.93. The minimum absolute atomic E-state index is 0.0176. The van der Waals surface area contributed by atoms with Crippen LogP contribution in [0.15, 0.2) is 53.3 Å². The summed E-state index contributed by atoms with van der Waals surface area (Å²) < 4.78 is 5.65. The molecule has 1 aliphatic heterocycles. The van der Waals surface area contributed by atoms with Crippen molar-refractivity contribution >= 4 is 35.1 Å². The van der Waals surface area contributed by atoms with Crippen molar-refractivity contribution in [2.24, 2.45) is 5.16 Å². The van der Waals surface area contributed by atoms with Gasteiger partial charge in [0.25, 0.3) is 0 Å². The van der Waals surface area contributed by atoms with Crippen LogP contribution in [0.1, 0.15) is 28.8 Å². The Morgan fingerprint density at radius 3 is 2.94 bits per heavy atom. The van der Waals surface area contributed by atoms with E-state index in [-0.39, 0.29) is 12.1 Å². The molecule has 32 heavy (non-hydrogen) atoms. The number of carbonyl (C=O) groups is 1. The van der Waals surface area contributed by atoms with Gasteiger partial charge in [-0.15, -0.1) is 11.3 Å². The summed E-state index contributed by atoms with van der Waals surface area (Å²) in [5.74, 6) is -0.170. The van der Waals surface area contributed by atoms with Crippen molar-refractivity contribution in [1.29, 1.82) is 0 Å². The summed E-state index contributed by atoms with van der Waals surface area (Å²) in [6.45, 7) is 2.58. The zero-order chi connectivity index (χ0) is 22.5. The number of nitrogens with one attached hydrogen (secondary N) is 1. The van der Waals surface area contributed by atoms with E-state index in [0.29, 0.717) is 29.5 Å². The Kier molecular flexibility index (Phi) is 6.82. The average Bonchev–Trinajstić information content (AvgIpc) is 3.25. The molecule has 164 valence electrons. The number of anilines is 1. The van der Waals surface area contributed by atoms with E-state index in [9.17, 15) is 15.0 Å². The van der Waals surface area contributed by atoms with Gasteiger partial charge in [0.1, 0.15) is 11.4 Å². The van der Waals surface area contributed by atoms with E-state index in [1.807, 2.05) is 37.3 Å². The first-order valence-corrected chi connectivity index (χ1v) is 11.2. The van der Waals surface area contributed by atoms with Gasteiger partial charge in [-0.1, -0.05) is 23.4 Å². The van der Waals surface area contributed by atoms with Crippen LogP contribution in [0.3, 0.4) is 0 Å². The number of rotatable bonds is 8. The Labute approximate surface area is 190 Å². The molecule has 8 nitrogen and oxygen atoms in total. The Morgan fingerprint density at radius 2 is 2.16 bits per heavy atom. The molecule has 0 unspecified atom stereocenters. The topological polar surface area (TPSA) is 117 Å². The van der Waals surface area contributed by atoms with Crippen LogP contribution in [0, 0.1) is 6.92 Å². The molecule has 3 heterocycles. The molecule has 1 aliphatic rings. The highest BCUT2D eigenvalue weighted by Gasteiger charge is 2.37. The van der Waals surface area contributed by atoms with Gasteiger partial charge in [0.05, 0.1) is 0 Å². The molecule has 0 spiro atoms. The molecule has 0 radical (unpaired) electrons. The van der Waals surface area contributed by atoms with Gasteiger partial charge in [0.15, 0.2) is 16.6 Å². The number of carbonyl (C=O) groups excluding carboxylic acids is 1. The maximum Gasteiger partial charge on any atom is 0.526 e. The second-order valence-corrected chi connectivity index (χ2v) is 8.54. The third-order valence-electron chi connectivity index (χ3n) is 5.42. The van der Waals surface area contributed by atoms with E-state index in [0.717, 1.165) is 23.1 Å². The van der Waals surface area contributed by atoms with Crippen molar-refractivity contribution < 1.29 is 19.7 Å². The number of para-hydroxylation sites is 1. The monoisotopic (exact) mass is 450 g/mol. The van der Waals surface area contributed by atoms with Crippen LogP contribution < -0.4 is 9.97 Å². The molecule has 2 aromatic heterocycles. The second-order valence-electron chi connectivity index (χ2n) is 7.68. The van der Waals surface area contributed by atoms with Crippen LogP contribution in [0.4, 0.5) is 5.13 Å². The summed E-state index contributed by atoms with van der Waals surface area (Å²) in [6.07, 6.45) is 4.79. The first-order valence-electron chi connectivity index (χ1n) is 10.3. The fraction of sp³-hybridized carbons (Fsp3) is 0.273. The number of hydrogen-bond acceptors (Lipinski definition) is 9. The molecule has 3 aromatic rings. The van der Waals surface area contributed by atoms with Crippen molar-refractivity contribution in [3.63, 3.8) is 0 Å². The van der Waals surface area contributed by atoms with Crippen LogP contribution in [0.25, 0.3) is 0 Å². The molecular weight excluding hydrogens is 427 g/mol. The van der Waals surface area contributed by atoms with E-state index < -0.39 is 18.7 Å². The first-order chi connectivity index (χ1) is 15.5. The Morgan fingerprint density at radius 1 is 1.34 bits per heavy atom. The summed E-state index contributed by atoms with van der Waals surface area (Å²) in [4.78, 5) is 21.2. The standard InChI is InChI=1S/C22H23BN4O4S/c1-14-3-2-4-16-11-17(23(29)31-21(14)16)12-19(28)20(27-30)18-13-32-22(26-18)25-10-7-15-5-8-24-9-6-15/h2-6,8-9,13,17,29-30H,7,10-12H2,1H3,(H,25,26)/b27-20-/t17-/m1/s1. The van der Waals surface area contributed by atoms with Gasteiger partial charge < -0.3 is 20.2 Å². The fourth-order valence-electron chi connectivity index (χ4n) is 3.73. The van der Waals surface area contributed by atoms with Crippen molar-refractivity contribution in [2.75, 3.05) is 11.9 Å². The lowest BCUT2D eigenvalue weighted by Gasteiger charge is -2.28. The van der Waals surface area contributed by atoms with Gasteiger partial charge in [0, 0.05) is 36.6 Å². The number of nitrogens with zero attached hydrogens (tertiary/aromatic N) is 3. The maximum absolute atomic E-state index is 12.9. The number of ketones is 1. The van der Waals surface area contributed by atoms with Crippen LogP contribution in [0.5, 0.6) is 5.75 Å². The smallest absolute Gasteiger partial charge is 0.526 e. The lowest BCUT2D eigenvalue weighted by atomic mass is 9.64. The molecular formula is C22H23BN4O4S. The van der Waals surface area contributed by atoms with E-state index >= 15 is 0 Å². The summed E-state index contributed by atoms with van der Waals surface area (Å²) >= 11 is 1.33. The number of aryl methyl sites for hydroxylation is 1. The third-order valence-corrected chi connectivity index (χ3v) is 6.22. The van der Waals surface area contributed by atoms with Crippen LogP contribution >= 0.6 is 11.3 Å². The molecule has 1 atom stereocenters. The van der Waals surface area contributed by atoms with Gasteiger partial charge in [-0.05, 0) is 48.6 Å². The lowest BCUT2D eigenvalue weighted by molar-refractivity contribution is -0.113. The largest absolute Gasteiger partial charge is 0.536 e. The van der Waals surface area contributed by atoms with Gasteiger partial charge in [0.2, 0.25) is 0 Å². The predicted molar refractivity (Wildman–Crippen MR) is 124 cm³/mol. The summed E-state index contributed by atoms with van der Waals surface area (Å²) in [6, 6.07) is 9.67. The minimum atomic E-state index is -1.10.